The van der Waals surface area contributed by atoms with Gasteiger partial charge >= 0.3 is 0 Å². The third kappa shape index (κ3) is 4.44. The summed E-state index contributed by atoms with van der Waals surface area (Å²) in [5, 5.41) is 2.68. The third-order valence-corrected chi connectivity index (χ3v) is 4.94. The maximum atomic E-state index is 11.8. The van der Waals surface area contributed by atoms with Crippen LogP contribution in [0, 0.1) is 0 Å². The highest BCUT2D eigenvalue weighted by Crippen LogP contribution is 2.21. The van der Waals surface area contributed by atoms with Crippen LogP contribution < -0.4 is 5.32 Å². The Morgan fingerprint density at radius 1 is 1.20 bits per heavy atom. The van der Waals surface area contributed by atoms with Crippen molar-refractivity contribution >= 4 is 5.91 Å². The number of piperazine rings is 1. The van der Waals surface area contributed by atoms with E-state index in [4.69, 9.17) is 0 Å². The van der Waals surface area contributed by atoms with Gasteiger partial charge in [0.2, 0.25) is 0 Å². The molecule has 0 unspecified atom stereocenters. The average Bonchev–Trinajstić information content (AvgIpc) is 2.68. The molecule has 2 heterocycles. The second kappa shape index (κ2) is 8.23. The molecule has 3 rings (SSSR count). The van der Waals surface area contributed by atoms with Crippen LogP contribution in [0.15, 0.2) is 48.8 Å². The first-order valence-electron chi connectivity index (χ1n) is 8.84. The minimum atomic E-state index is -0.0306. The van der Waals surface area contributed by atoms with E-state index >= 15 is 0 Å². The minimum absolute atomic E-state index is 0.0306. The fraction of sp³-hybridized carbons (Fsp3) is 0.400. The van der Waals surface area contributed by atoms with E-state index < -0.39 is 0 Å². The molecule has 1 aliphatic heterocycles. The lowest BCUT2D eigenvalue weighted by molar-refractivity contribution is 0.0957. The van der Waals surface area contributed by atoms with Gasteiger partial charge in [0.1, 0.15) is 0 Å². The van der Waals surface area contributed by atoms with E-state index in [0.29, 0.717) is 6.04 Å². The van der Waals surface area contributed by atoms with Crippen molar-refractivity contribution in [2.24, 2.45) is 0 Å². The summed E-state index contributed by atoms with van der Waals surface area (Å²) in [4.78, 5) is 21.0. The van der Waals surface area contributed by atoms with Gasteiger partial charge in [-0.15, -0.1) is 0 Å². The van der Waals surface area contributed by atoms with Crippen molar-refractivity contribution in [3.63, 3.8) is 0 Å². The number of carbonyl (C=O) groups is 1. The molecule has 0 aliphatic carbocycles. The van der Waals surface area contributed by atoms with Crippen LogP contribution in [0.5, 0.6) is 0 Å². The number of benzene rings is 1. The molecule has 1 fully saturated rings. The molecule has 5 heteroatoms. The zero-order valence-corrected chi connectivity index (χ0v) is 15.0. The molecule has 25 heavy (non-hydrogen) atoms. The molecule has 132 valence electrons. The van der Waals surface area contributed by atoms with Crippen molar-refractivity contribution in [1.82, 2.24) is 20.1 Å². The highest BCUT2D eigenvalue weighted by atomic mass is 16.1. The van der Waals surface area contributed by atoms with E-state index in [1.54, 1.807) is 7.05 Å². The monoisotopic (exact) mass is 338 g/mol. The van der Waals surface area contributed by atoms with Gasteiger partial charge < -0.3 is 5.32 Å². The Hall–Kier alpha value is -2.24. The Bertz CT molecular complexity index is 696. The highest BCUT2D eigenvalue weighted by molar-refractivity contribution is 5.94. The largest absolute Gasteiger partial charge is 0.355 e. The Labute approximate surface area is 149 Å². The predicted molar refractivity (Wildman–Crippen MR) is 99.3 cm³/mol. The molecule has 1 aromatic heterocycles. The van der Waals surface area contributed by atoms with E-state index in [0.717, 1.165) is 38.3 Å². The fourth-order valence-electron chi connectivity index (χ4n) is 3.36. The van der Waals surface area contributed by atoms with Crippen LogP contribution in [0.4, 0.5) is 0 Å². The zero-order chi connectivity index (χ0) is 17.6. The Morgan fingerprint density at radius 2 is 2.00 bits per heavy atom. The quantitative estimate of drug-likeness (QED) is 0.909. The van der Waals surface area contributed by atoms with Gasteiger partial charge in [-0.25, -0.2) is 0 Å². The third-order valence-electron chi connectivity index (χ3n) is 4.94. The minimum Gasteiger partial charge on any atom is -0.355 e. The summed E-state index contributed by atoms with van der Waals surface area (Å²) in [6, 6.07) is 12.4. The maximum Gasteiger partial charge on any atom is 0.251 e. The molecule has 1 amide bonds. The van der Waals surface area contributed by atoms with Gasteiger partial charge in [0.05, 0.1) is 0 Å². The van der Waals surface area contributed by atoms with Crippen molar-refractivity contribution in [3.05, 3.63) is 65.5 Å². The van der Waals surface area contributed by atoms with Crippen molar-refractivity contribution < 1.29 is 4.79 Å². The molecule has 1 saturated heterocycles. The number of amides is 1. The Kier molecular flexibility index (Phi) is 5.79. The molecule has 1 aromatic carbocycles. The van der Waals surface area contributed by atoms with Crippen LogP contribution in [0.2, 0.25) is 0 Å². The van der Waals surface area contributed by atoms with Crippen LogP contribution >= 0.6 is 0 Å². The first-order valence-corrected chi connectivity index (χ1v) is 8.84. The zero-order valence-electron chi connectivity index (χ0n) is 15.0. The summed E-state index contributed by atoms with van der Waals surface area (Å²) in [5.41, 5.74) is 3.19. The predicted octanol–water partition coefficient (Wildman–Crippen LogP) is 2.32. The standard InChI is InChI=1S/C20H26N4O/c1-16(19-7-4-8-22-14-19)24-11-9-23(10-12-24)15-17-5-3-6-18(13-17)20(25)21-2/h3-8,13-14,16H,9-12,15H2,1-2H3,(H,21,25)/t16-/m1/s1. The van der Waals surface area contributed by atoms with E-state index in [9.17, 15) is 4.79 Å². The summed E-state index contributed by atoms with van der Waals surface area (Å²) >= 11 is 0. The number of aromatic nitrogens is 1. The van der Waals surface area contributed by atoms with Gasteiger partial charge in [0, 0.05) is 63.8 Å². The van der Waals surface area contributed by atoms with Crippen LogP contribution in [-0.2, 0) is 6.54 Å². The Balaban J connectivity index is 1.55. The lowest BCUT2D eigenvalue weighted by Crippen LogP contribution is -2.46. The van der Waals surface area contributed by atoms with Crippen molar-refractivity contribution in [1.29, 1.82) is 0 Å². The van der Waals surface area contributed by atoms with Crippen LogP contribution in [0.1, 0.15) is 34.5 Å². The lowest BCUT2D eigenvalue weighted by Gasteiger charge is -2.38. The molecule has 0 bridgehead atoms. The number of rotatable bonds is 5. The highest BCUT2D eigenvalue weighted by Gasteiger charge is 2.22. The SMILES string of the molecule is CNC(=O)c1cccc(CN2CCN([C@H](C)c3cccnc3)CC2)c1. The maximum absolute atomic E-state index is 11.8. The molecule has 2 aromatic rings. The lowest BCUT2D eigenvalue weighted by atomic mass is 10.1. The van der Waals surface area contributed by atoms with Gasteiger partial charge in [-0.1, -0.05) is 18.2 Å². The molecular formula is C20H26N4O. The summed E-state index contributed by atoms with van der Waals surface area (Å²) in [6.45, 7) is 7.31. The van der Waals surface area contributed by atoms with Gasteiger partial charge in [-0.3, -0.25) is 19.6 Å². The topological polar surface area (TPSA) is 48.5 Å². The molecule has 0 spiro atoms. The summed E-state index contributed by atoms with van der Waals surface area (Å²) in [6.07, 6.45) is 3.78. The van der Waals surface area contributed by atoms with Gasteiger partial charge in [-0.05, 0) is 36.2 Å². The Morgan fingerprint density at radius 3 is 2.68 bits per heavy atom. The van der Waals surface area contributed by atoms with E-state index in [1.807, 2.05) is 36.7 Å². The first kappa shape index (κ1) is 17.6. The first-order chi connectivity index (χ1) is 12.2. The molecule has 1 atom stereocenters. The van der Waals surface area contributed by atoms with E-state index in [-0.39, 0.29) is 5.91 Å². The van der Waals surface area contributed by atoms with Crippen LogP contribution in [0.3, 0.4) is 0 Å². The number of carbonyl (C=O) groups excluding carboxylic acids is 1. The van der Waals surface area contributed by atoms with Crippen molar-refractivity contribution in [2.75, 3.05) is 33.2 Å². The average molecular weight is 338 g/mol. The second-order valence-electron chi connectivity index (χ2n) is 6.55. The molecule has 5 nitrogen and oxygen atoms in total. The molecule has 0 radical (unpaired) electrons. The van der Waals surface area contributed by atoms with Crippen LogP contribution in [-0.4, -0.2) is 53.9 Å². The number of nitrogens with zero attached hydrogens (tertiary/aromatic N) is 3. The molecule has 1 aliphatic rings. The summed E-state index contributed by atoms with van der Waals surface area (Å²) in [7, 11) is 1.66. The van der Waals surface area contributed by atoms with E-state index in [1.165, 1.54) is 11.1 Å². The van der Waals surface area contributed by atoms with E-state index in [2.05, 4.69) is 39.2 Å². The molecule has 0 saturated carbocycles. The summed E-state index contributed by atoms with van der Waals surface area (Å²) in [5.74, 6) is -0.0306. The van der Waals surface area contributed by atoms with Crippen LogP contribution in [0.25, 0.3) is 0 Å². The van der Waals surface area contributed by atoms with Gasteiger partial charge in [0.15, 0.2) is 0 Å². The fourth-order valence-corrected chi connectivity index (χ4v) is 3.36. The van der Waals surface area contributed by atoms with Crippen molar-refractivity contribution in [3.8, 4) is 0 Å². The number of hydrogen-bond donors (Lipinski definition) is 1. The summed E-state index contributed by atoms with van der Waals surface area (Å²) < 4.78 is 0. The smallest absolute Gasteiger partial charge is 0.251 e. The van der Waals surface area contributed by atoms with Crippen molar-refractivity contribution in [2.45, 2.75) is 19.5 Å². The molecule has 1 N–H and O–H groups in total. The van der Waals surface area contributed by atoms with Gasteiger partial charge in [0.25, 0.3) is 5.91 Å². The number of nitrogens with one attached hydrogen (secondary N) is 1. The molecular weight excluding hydrogens is 312 g/mol. The normalized spacial score (nSPS) is 17.2. The number of hydrogen-bond acceptors (Lipinski definition) is 4. The van der Waals surface area contributed by atoms with Gasteiger partial charge in [-0.2, -0.15) is 0 Å². The number of pyridine rings is 1. The second-order valence-corrected chi connectivity index (χ2v) is 6.55.